The van der Waals surface area contributed by atoms with E-state index in [-0.39, 0.29) is 0 Å². The fraction of sp³-hybridized carbons (Fsp3) is 0.429. The van der Waals surface area contributed by atoms with Crippen LogP contribution < -0.4 is 0 Å². The van der Waals surface area contributed by atoms with Crippen LogP contribution in [-0.2, 0) is 4.79 Å². The van der Waals surface area contributed by atoms with Gasteiger partial charge < -0.3 is 10.2 Å². The highest BCUT2D eigenvalue weighted by Crippen LogP contribution is 2.28. The standard InChI is InChI=1S/C7H8ClNO3S/c1-3(6(11)12)5(10)4-2-9-7(8)13-4/h2-3,5,10H,1H3,(H,11,12). The van der Waals surface area contributed by atoms with Crippen LogP contribution in [0.5, 0.6) is 0 Å². The van der Waals surface area contributed by atoms with E-state index in [9.17, 15) is 9.90 Å². The van der Waals surface area contributed by atoms with Crippen molar-refractivity contribution >= 4 is 28.9 Å². The van der Waals surface area contributed by atoms with Crippen LogP contribution in [0.25, 0.3) is 0 Å². The van der Waals surface area contributed by atoms with Crippen LogP contribution >= 0.6 is 22.9 Å². The Balaban J connectivity index is 2.78. The van der Waals surface area contributed by atoms with Crippen molar-refractivity contribution < 1.29 is 15.0 Å². The Labute approximate surface area is 83.8 Å². The minimum Gasteiger partial charge on any atom is -0.481 e. The molecular weight excluding hydrogens is 214 g/mol. The number of aliphatic carboxylic acids is 1. The molecule has 0 amide bonds. The van der Waals surface area contributed by atoms with E-state index in [1.165, 1.54) is 13.1 Å². The van der Waals surface area contributed by atoms with E-state index in [4.69, 9.17) is 16.7 Å². The molecule has 1 aromatic rings. The molecule has 72 valence electrons. The molecule has 0 aliphatic carbocycles. The van der Waals surface area contributed by atoms with Crippen molar-refractivity contribution in [1.82, 2.24) is 4.98 Å². The smallest absolute Gasteiger partial charge is 0.309 e. The molecule has 13 heavy (non-hydrogen) atoms. The van der Waals surface area contributed by atoms with Crippen LogP contribution in [0.3, 0.4) is 0 Å². The summed E-state index contributed by atoms with van der Waals surface area (Å²) in [7, 11) is 0. The first-order valence-electron chi connectivity index (χ1n) is 3.54. The Hall–Kier alpha value is -0.650. The van der Waals surface area contributed by atoms with Crippen LogP contribution in [0.1, 0.15) is 17.9 Å². The lowest BCUT2D eigenvalue weighted by atomic mass is 10.0. The summed E-state index contributed by atoms with van der Waals surface area (Å²) in [6, 6.07) is 0. The maximum Gasteiger partial charge on any atom is 0.309 e. The van der Waals surface area contributed by atoms with E-state index in [1.807, 2.05) is 0 Å². The first-order chi connectivity index (χ1) is 6.02. The predicted octanol–water partition coefficient (Wildman–Crippen LogP) is 1.55. The molecule has 2 unspecified atom stereocenters. The minimum atomic E-state index is -1.04. The summed E-state index contributed by atoms with van der Waals surface area (Å²) in [6.45, 7) is 1.43. The van der Waals surface area contributed by atoms with Gasteiger partial charge in [-0.2, -0.15) is 0 Å². The molecule has 2 atom stereocenters. The minimum absolute atomic E-state index is 0.298. The van der Waals surface area contributed by atoms with Crippen LogP contribution in [0.15, 0.2) is 6.20 Å². The molecule has 2 N–H and O–H groups in total. The van der Waals surface area contributed by atoms with Gasteiger partial charge in [-0.25, -0.2) is 4.98 Å². The number of thiazole rings is 1. The lowest BCUT2D eigenvalue weighted by Crippen LogP contribution is -2.17. The van der Waals surface area contributed by atoms with Crippen molar-refractivity contribution in [3.05, 3.63) is 15.5 Å². The number of aromatic nitrogens is 1. The number of aliphatic hydroxyl groups excluding tert-OH is 1. The lowest BCUT2D eigenvalue weighted by Gasteiger charge is -2.11. The summed E-state index contributed by atoms with van der Waals surface area (Å²) in [5.41, 5.74) is 0. The quantitative estimate of drug-likeness (QED) is 0.813. The van der Waals surface area contributed by atoms with Crippen molar-refractivity contribution in [2.24, 2.45) is 5.92 Å². The van der Waals surface area contributed by atoms with Gasteiger partial charge in [-0.15, -0.1) is 11.3 Å². The number of carboxylic acid groups (broad SMARTS) is 1. The van der Waals surface area contributed by atoms with Gasteiger partial charge in [0.15, 0.2) is 4.47 Å². The predicted molar refractivity (Wildman–Crippen MR) is 48.9 cm³/mol. The van der Waals surface area contributed by atoms with Crippen LogP contribution in [-0.4, -0.2) is 21.2 Å². The molecule has 0 saturated heterocycles. The summed E-state index contributed by atoms with van der Waals surface area (Å²) >= 11 is 6.62. The van der Waals surface area contributed by atoms with Gasteiger partial charge in [0.25, 0.3) is 0 Å². The lowest BCUT2D eigenvalue weighted by molar-refractivity contribution is -0.144. The monoisotopic (exact) mass is 221 g/mol. The SMILES string of the molecule is CC(C(=O)O)C(O)c1cnc(Cl)s1. The molecule has 0 aliphatic rings. The number of halogens is 1. The molecule has 1 rings (SSSR count). The van der Waals surface area contributed by atoms with Gasteiger partial charge >= 0.3 is 5.97 Å². The topological polar surface area (TPSA) is 70.4 Å². The molecule has 0 bridgehead atoms. The fourth-order valence-corrected chi connectivity index (χ4v) is 1.83. The van der Waals surface area contributed by atoms with Gasteiger partial charge in [-0.3, -0.25) is 4.79 Å². The van der Waals surface area contributed by atoms with Gasteiger partial charge in [0.2, 0.25) is 0 Å². The van der Waals surface area contributed by atoms with Crippen molar-refractivity contribution in [2.75, 3.05) is 0 Å². The van der Waals surface area contributed by atoms with Crippen molar-refractivity contribution in [2.45, 2.75) is 13.0 Å². The van der Waals surface area contributed by atoms with Gasteiger partial charge in [-0.05, 0) is 6.92 Å². The Morgan fingerprint density at radius 1 is 1.77 bits per heavy atom. The number of hydrogen-bond donors (Lipinski definition) is 2. The van der Waals surface area contributed by atoms with Gasteiger partial charge in [-0.1, -0.05) is 11.6 Å². The van der Waals surface area contributed by atoms with Crippen molar-refractivity contribution in [3.8, 4) is 0 Å². The highest BCUT2D eigenvalue weighted by molar-refractivity contribution is 7.15. The summed E-state index contributed by atoms with van der Waals surface area (Å²) < 4.78 is 0.298. The van der Waals surface area contributed by atoms with Crippen LogP contribution in [0.2, 0.25) is 4.47 Å². The molecule has 1 heterocycles. The fourth-order valence-electron chi connectivity index (χ4n) is 0.783. The third kappa shape index (κ3) is 2.40. The second-order valence-electron chi connectivity index (χ2n) is 2.59. The zero-order valence-corrected chi connectivity index (χ0v) is 8.34. The molecule has 0 aliphatic heterocycles. The number of nitrogens with zero attached hydrogens (tertiary/aromatic N) is 1. The number of hydrogen-bond acceptors (Lipinski definition) is 4. The maximum atomic E-state index is 10.5. The molecule has 4 nitrogen and oxygen atoms in total. The van der Waals surface area contributed by atoms with E-state index in [2.05, 4.69) is 4.98 Å². The number of carbonyl (C=O) groups is 1. The van der Waals surface area contributed by atoms with Gasteiger partial charge in [0.05, 0.1) is 10.8 Å². The molecule has 1 aromatic heterocycles. The summed E-state index contributed by atoms with van der Waals surface area (Å²) in [6.07, 6.45) is 0.347. The third-order valence-electron chi connectivity index (χ3n) is 1.65. The maximum absolute atomic E-state index is 10.5. The average Bonchev–Trinajstić information content (AvgIpc) is 2.49. The van der Waals surface area contributed by atoms with Gasteiger partial charge in [0, 0.05) is 6.20 Å². The number of carboxylic acids is 1. The van der Waals surface area contributed by atoms with E-state index >= 15 is 0 Å². The molecule has 0 saturated carbocycles. The normalized spacial score (nSPS) is 15.3. The van der Waals surface area contributed by atoms with Crippen LogP contribution in [0, 0.1) is 5.92 Å². The Morgan fingerprint density at radius 2 is 2.38 bits per heavy atom. The Bertz CT molecular complexity index is 314. The van der Waals surface area contributed by atoms with E-state index in [1.54, 1.807) is 0 Å². The summed E-state index contributed by atoms with van der Waals surface area (Å²) in [5, 5.41) is 18.1. The largest absolute Gasteiger partial charge is 0.481 e. The number of aliphatic hydroxyl groups is 1. The highest BCUT2D eigenvalue weighted by Gasteiger charge is 2.24. The first kappa shape index (κ1) is 10.4. The Kier molecular flexibility index (Phi) is 3.24. The molecule has 0 aromatic carbocycles. The average molecular weight is 222 g/mol. The Morgan fingerprint density at radius 3 is 2.77 bits per heavy atom. The zero-order valence-electron chi connectivity index (χ0n) is 6.77. The van der Waals surface area contributed by atoms with Gasteiger partial charge in [0.1, 0.15) is 6.10 Å². The second kappa shape index (κ2) is 4.04. The summed E-state index contributed by atoms with van der Waals surface area (Å²) in [5.74, 6) is -1.89. The third-order valence-corrected chi connectivity index (χ3v) is 2.84. The summed E-state index contributed by atoms with van der Waals surface area (Å²) in [4.78, 5) is 14.7. The molecule has 0 radical (unpaired) electrons. The zero-order chi connectivity index (χ0) is 10.0. The van der Waals surface area contributed by atoms with E-state index < -0.39 is 18.0 Å². The van der Waals surface area contributed by atoms with Crippen molar-refractivity contribution in [1.29, 1.82) is 0 Å². The first-order valence-corrected chi connectivity index (χ1v) is 4.74. The van der Waals surface area contributed by atoms with E-state index in [0.29, 0.717) is 9.34 Å². The second-order valence-corrected chi connectivity index (χ2v) is 4.23. The highest BCUT2D eigenvalue weighted by atomic mass is 35.5. The molecule has 0 spiro atoms. The van der Waals surface area contributed by atoms with Crippen LogP contribution in [0.4, 0.5) is 0 Å². The van der Waals surface area contributed by atoms with Crippen molar-refractivity contribution in [3.63, 3.8) is 0 Å². The van der Waals surface area contributed by atoms with E-state index in [0.717, 1.165) is 11.3 Å². The molecule has 6 heteroatoms. The molecule has 0 fully saturated rings. The number of rotatable bonds is 3. The molecular formula is C7H8ClNO3S.